The average molecular weight is 220 g/mol. The molecule has 0 aliphatic heterocycles. The van der Waals surface area contributed by atoms with Crippen LogP contribution in [0.5, 0.6) is 0 Å². The number of amides is 1. The number of hydrogen-bond acceptors (Lipinski definition) is 2. The molecule has 1 aromatic carbocycles. The first-order valence-electron chi connectivity index (χ1n) is 5.64. The normalized spacial score (nSPS) is 12.2. The second-order valence-electron chi connectivity index (χ2n) is 4.23. The van der Waals surface area contributed by atoms with Crippen LogP contribution in [0.3, 0.4) is 0 Å². The fourth-order valence-corrected chi connectivity index (χ4v) is 1.50. The minimum absolute atomic E-state index is 0.0729. The predicted molar refractivity (Wildman–Crippen MR) is 65.8 cm³/mol. The number of hydrazine groups is 1. The van der Waals surface area contributed by atoms with Gasteiger partial charge in [0.2, 0.25) is 5.91 Å². The maximum Gasteiger partial charge on any atom is 0.240 e. The highest BCUT2D eigenvalue weighted by molar-refractivity contribution is 5.77. The zero-order valence-corrected chi connectivity index (χ0v) is 10.2. The zero-order chi connectivity index (χ0) is 12.1. The van der Waals surface area contributed by atoms with Crippen LogP contribution in [0.25, 0.3) is 0 Å². The third-order valence-electron chi connectivity index (χ3n) is 2.91. The van der Waals surface area contributed by atoms with Gasteiger partial charge < -0.3 is 0 Å². The lowest BCUT2D eigenvalue weighted by atomic mass is 9.97. The maximum absolute atomic E-state index is 11.4. The first-order chi connectivity index (χ1) is 7.54. The van der Waals surface area contributed by atoms with E-state index in [0.29, 0.717) is 12.3 Å². The Bertz CT molecular complexity index is 343. The van der Waals surface area contributed by atoms with Crippen molar-refractivity contribution >= 4 is 5.91 Å². The van der Waals surface area contributed by atoms with Gasteiger partial charge in [0, 0.05) is 7.05 Å². The number of likely N-dealkylation sites (N-methyl/N-ethyl adjacent to an activating group) is 1. The lowest BCUT2D eigenvalue weighted by molar-refractivity contribution is -0.129. The summed E-state index contributed by atoms with van der Waals surface area (Å²) in [7, 11) is 1.57. The minimum Gasteiger partial charge on any atom is -0.284 e. The fourth-order valence-electron chi connectivity index (χ4n) is 1.50. The molecule has 1 amide bonds. The number of nitrogens with zero attached hydrogens (tertiary/aromatic N) is 1. The first-order valence-corrected chi connectivity index (χ1v) is 5.64. The molecule has 0 saturated heterocycles. The van der Waals surface area contributed by atoms with Crippen LogP contribution in [0, 0.1) is 0 Å². The Morgan fingerprint density at radius 2 is 1.94 bits per heavy atom. The summed E-state index contributed by atoms with van der Waals surface area (Å²) in [6.07, 6.45) is 1.50. The maximum atomic E-state index is 11.4. The van der Waals surface area contributed by atoms with Gasteiger partial charge in [-0.2, -0.15) is 0 Å². The summed E-state index contributed by atoms with van der Waals surface area (Å²) in [5, 5.41) is 1.13. The summed E-state index contributed by atoms with van der Waals surface area (Å²) in [4.78, 5) is 11.4. The van der Waals surface area contributed by atoms with Crippen molar-refractivity contribution in [2.24, 2.45) is 5.84 Å². The largest absolute Gasteiger partial charge is 0.284 e. The van der Waals surface area contributed by atoms with Gasteiger partial charge in [0.25, 0.3) is 0 Å². The van der Waals surface area contributed by atoms with Gasteiger partial charge in [-0.1, -0.05) is 38.1 Å². The molecule has 0 aliphatic carbocycles. The highest BCUT2D eigenvalue weighted by Crippen LogP contribution is 2.18. The second kappa shape index (κ2) is 5.66. The van der Waals surface area contributed by atoms with Crippen molar-refractivity contribution in [3.63, 3.8) is 0 Å². The quantitative estimate of drug-likeness (QED) is 0.479. The van der Waals surface area contributed by atoms with Crippen molar-refractivity contribution in [2.75, 3.05) is 7.05 Å². The summed E-state index contributed by atoms with van der Waals surface area (Å²) in [6.45, 7) is 4.37. The van der Waals surface area contributed by atoms with E-state index in [4.69, 9.17) is 5.84 Å². The summed E-state index contributed by atoms with van der Waals surface area (Å²) in [5.41, 5.74) is 2.33. The summed E-state index contributed by atoms with van der Waals surface area (Å²) in [5.74, 6) is 5.87. The van der Waals surface area contributed by atoms with Crippen molar-refractivity contribution in [3.8, 4) is 0 Å². The monoisotopic (exact) mass is 220 g/mol. The topological polar surface area (TPSA) is 46.3 Å². The van der Waals surface area contributed by atoms with Crippen LogP contribution in [0.4, 0.5) is 0 Å². The highest BCUT2D eigenvalue weighted by atomic mass is 16.2. The highest BCUT2D eigenvalue weighted by Gasteiger charge is 2.07. The van der Waals surface area contributed by atoms with E-state index in [1.165, 1.54) is 5.56 Å². The van der Waals surface area contributed by atoms with Crippen molar-refractivity contribution in [1.29, 1.82) is 0 Å². The Morgan fingerprint density at radius 3 is 2.38 bits per heavy atom. The Kier molecular flexibility index (Phi) is 4.50. The number of rotatable bonds is 4. The molecule has 1 rings (SSSR count). The molecule has 1 atom stereocenters. The summed E-state index contributed by atoms with van der Waals surface area (Å²) < 4.78 is 0. The van der Waals surface area contributed by atoms with Crippen molar-refractivity contribution in [1.82, 2.24) is 5.01 Å². The van der Waals surface area contributed by atoms with Gasteiger partial charge in [0.1, 0.15) is 0 Å². The van der Waals surface area contributed by atoms with Gasteiger partial charge in [-0.3, -0.25) is 9.80 Å². The molecular formula is C13H20N2O. The van der Waals surface area contributed by atoms with Gasteiger partial charge in [0.05, 0.1) is 6.42 Å². The Hall–Kier alpha value is -1.35. The van der Waals surface area contributed by atoms with Gasteiger partial charge in [-0.05, 0) is 23.5 Å². The Balaban J connectivity index is 2.68. The molecular weight excluding hydrogens is 200 g/mol. The first kappa shape index (κ1) is 12.7. The molecule has 0 bridgehead atoms. The van der Waals surface area contributed by atoms with Crippen LogP contribution < -0.4 is 5.84 Å². The zero-order valence-electron chi connectivity index (χ0n) is 10.2. The lowest BCUT2D eigenvalue weighted by Crippen LogP contribution is -2.34. The molecule has 0 aromatic heterocycles. The molecule has 0 heterocycles. The third kappa shape index (κ3) is 3.35. The third-order valence-corrected chi connectivity index (χ3v) is 2.91. The predicted octanol–water partition coefficient (Wildman–Crippen LogP) is 2.07. The number of carbonyl (C=O) groups is 1. The molecule has 3 heteroatoms. The molecule has 16 heavy (non-hydrogen) atoms. The van der Waals surface area contributed by atoms with E-state index in [9.17, 15) is 4.79 Å². The second-order valence-corrected chi connectivity index (χ2v) is 4.23. The molecule has 0 radical (unpaired) electrons. The average Bonchev–Trinajstić information content (AvgIpc) is 2.28. The van der Waals surface area contributed by atoms with Gasteiger partial charge in [0.15, 0.2) is 0 Å². The van der Waals surface area contributed by atoms with E-state index in [2.05, 4.69) is 26.0 Å². The van der Waals surface area contributed by atoms with E-state index in [-0.39, 0.29) is 5.91 Å². The number of nitrogens with two attached hydrogens (primary N) is 1. The van der Waals surface area contributed by atoms with Crippen molar-refractivity contribution in [3.05, 3.63) is 35.4 Å². The van der Waals surface area contributed by atoms with Crippen LogP contribution in [-0.4, -0.2) is 18.0 Å². The van der Waals surface area contributed by atoms with E-state index < -0.39 is 0 Å². The van der Waals surface area contributed by atoms with E-state index >= 15 is 0 Å². The van der Waals surface area contributed by atoms with Crippen molar-refractivity contribution in [2.45, 2.75) is 32.6 Å². The smallest absolute Gasteiger partial charge is 0.240 e. The molecule has 0 saturated carbocycles. The van der Waals surface area contributed by atoms with E-state index in [1.54, 1.807) is 7.05 Å². The lowest BCUT2D eigenvalue weighted by Gasteiger charge is -2.11. The Labute approximate surface area is 97.2 Å². The van der Waals surface area contributed by atoms with Crippen LogP contribution in [0.1, 0.15) is 37.3 Å². The molecule has 1 aromatic rings. The van der Waals surface area contributed by atoms with Crippen LogP contribution in [-0.2, 0) is 11.2 Å². The standard InChI is InChI=1S/C13H20N2O/c1-4-10(2)12-7-5-11(6-8-12)9-13(16)15(3)14/h5-8,10H,4,9,14H2,1-3H3. The SMILES string of the molecule is CCC(C)c1ccc(CC(=O)N(C)N)cc1. The van der Waals surface area contributed by atoms with E-state index in [0.717, 1.165) is 17.0 Å². The molecule has 2 N–H and O–H groups in total. The van der Waals surface area contributed by atoms with Gasteiger partial charge in [-0.25, -0.2) is 5.84 Å². The van der Waals surface area contributed by atoms with Crippen LogP contribution in [0.15, 0.2) is 24.3 Å². The number of hydrogen-bond donors (Lipinski definition) is 1. The number of benzene rings is 1. The summed E-state index contributed by atoms with van der Waals surface area (Å²) in [6, 6.07) is 8.19. The molecule has 0 aliphatic rings. The minimum atomic E-state index is -0.0729. The molecule has 3 nitrogen and oxygen atoms in total. The van der Waals surface area contributed by atoms with Gasteiger partial charge >= 0.3 is 0 Å². The Morgan fingerprint density at radius 1 is 1.38 bits per heavy atom. The molecule has 0 fully saturated rings. The molecule has 1 unspecified atom stereocenters. The molecule has 88 valence electrons. The van der Waals surface area contributed by atoms with Crippen molar-refractivity contribution < 1.29 is 4.79 Å². The summed E-state index contributed by atoms with van der Waals surface area (Å²) >= 11 is 0. The van der Waals surface area contributed by atoms with E-state index in [1.807, 2.05) is 12.1 Å². The fraction of sp³-hybridized carbons (Fsp3) is 0.462. The van der Waals surface area contributed by atoms with Crippen LogP contribution in [0.2, 0.25) is 0 Å². The van der Waals surface area contributed by atoms with Gasteiger partial charge in [-0.15, -0.1) is 0 Å². The molecule has 0 spiro atoms. The number of carbonyl (C=O) groups excluding carboxylic acids is 1. The van der Waals surface area contributed by atoms with Crippen LogP contribution >= 0.6 is 0 Å².